The SMILES string of the molecule is COC12Oc3c(CC=C(C)C)c4c(c(O)c3C(=O)C1=CC(C(=O)CCC=C(C)C)CC2C)C=CC(C)(C)O4. The number of fused-ring (bicyclic) bond motifs is 3. The summed E-state index contributed by atoms with van der Waals surface area (Å²) in [5, 5.41) is 11.4. The fraction of sp³-hybridized carbons (Fsp3) is 0.500. The predicted molar refractivity (Wildman–Crippen MR) is 149 cm³/mol. The Hall–Kier alpha value is -3.12. The van der Waals surface area contributed by atoms with Crippen LogP contribution in [0.2, 0.25) is 0 Å². The number of methoxy groups -OCH3 is 1. The van der Waals surface area contributed by atoms with E-state index in [1.807, 2.05) is 66.7 Å². The minimum atomic E-state index is -1.36. The number of phenols is 1. The van der Waals surface area contributed by atoms with Crippen molar-refractivity contribution in [3.63, 3.8) is 0 Å². The Kier molecular flexibility index (Phi) is 7.50. The average molecular weight is 521 g/mol. The van der Waals surface area contributed by atoms with E-state index in [4.69, 9.17) is 14.2 Å². The molecule has 204 valence electrons. The second-order valence-corrected chi connectivity index (χ2v) is 11.7. The molecule has 2 aliphatic heterocycles. The third-order valence-electron chi connectivity index (χ3n) is 7.63. The highest BCUT2D eigenvalue weighted by atomic mass is 16.7. The number of carbonyl (C=O) groups excluding carboxylic acids is 2. The molecule has 1 aromatic rings. The maximum absolute atomic E-state index is 14.2. The van der Waals surface area contributed by atoms with Crippen molar-refractivity contribution in [1.29, 1.82) is 0 Å². The van der Waals surface area contributed by atoms with E-state index in [0.717, 1.165) is 5.57 Å². The summed E-state index contributed by atoms with van der Waals surface area (Å²) in [5.74, 6) is -1.74. The van der Waals surface area contributed by atoms with E-state index >= 15 is 0 Å². The number of ether oxygens (including phenoxy) is 3. The highest BCUT2D eigenvalue weighted by molar-refractivity contribution is 6.16. The molecule has 0 aromatic heterocycles. The van der Waals surface area contributed by atoms with Gasteiger partial charge in [0.2, 0.25) is 11.6 Å². The number of Topliss-reactive ketones (excluding diaryl/α,β-unsaturated/α-hetero) is 2. The molecule has 38 heavy (non-hydrogen) atoms. The monoisotopic (exact) mass is 520 g/mol. The van der Waals surface area contributed by atoms with Crippen molar-refractivity contribution in [2.75, 3.05) is 7.11 Å². The average Bonchev–Trinajstić information content (AvgIpc) is 2.83. The first-order valence-corrected chi connectivity index (χ1v) is 13.4. The van der Waals surface area contributed by atoms with Crippen LogP contribution >= 0.6 is 0 Å². The maximum atomic E-state index is 14.2. The van der Waals surface area contributed by atoms with Crippen LogP contribution in [0.3, 0.4) is 0 Å². The Labute approximate surface area is 226 Å². The molecular formula is C32H40O6. The zero-order valence-corrected chi connectivity index (χ0v) is 23.9. The van der Waals surface area contributed by atoms with Crippen molar-refractivity contribution in [2.24, 2.45) is 11.8 Å². The van der Waals surface area contributed by atoms with Crippen LogP contribution in [-0.4, -0.2) is 35.2 Å². The predicted octanol–water partition coefficient (Wildman–Crippen LogP) is 6.90. The van der Waals surface area contributed by atoms with Gasteiger partial charge in [-0.3, -0.25) is 9.59 Å². The summed E-state index contributed by atoms with van der Waals surface area (Å²) in [7, 11) is 1.52. The summed E-state index contributed by atoms with van der Waals surface area (Å²) in [6, 6.07) is 0. The number of benzene rings is 1. The molecule has 0 bridgehead atoms. The molecule has 3 atom stereocenters. The minimum Gasteiger partial charge on any atom is -0.506 e. The van der Waals surface area contributed by atoms with E-state index in [2.05, 4.69) is 0 Å². The van der Waals surface area contributed by atoms with Gasteiger partial charge in [-0.05, 0) is 73.0 Å². The largest absolute Gasteiger partial charge is 0.506 e. The second kappa shape index (κ2) is 10.2. The highest BCUT2D eigenvalue weighted by Gasteiger charge is 2.55. The highest BCUT2D eigenvalue weighted by Crippen LogP contribution is 2.55. The molecule has 3 unspecified atom stereocenters. The Morgan fingerprint density at radius 2 is 1.82 bits per heavy atom. The van der Waals surface area contributed by atoms with Gasteiger partial charge >= 0.3 is 0 Å². The molecule has 2 heterocycles. The number of allylic oxidation sites excluding steroid dienone is 5. The molecule has 0 spiro atoms. The van der Waals surface area contributed by atoms with Crippen LogP contribution < -0.4 is 9.47 Å². The lowest BCUT2D eigenvalue weighted by Gasteiger charge is -2.47. The van der Waals surface area contributed by atoms with Crippen molar-refractivity contribution in [3.05, 3.63) is 57.7 Å². The molecule has 4 rings (SSSR count). The number of hydrogen-bond donors (Lipinski definition) is 1. The summed E-state index contributed by atoms with van der Waals surface area (Å²) in [5.41, 5.74) is 3.21. The first-order valence-electron chi connectivity index (χ1n) is 13.4. The van der Waals surface area contributed by atoms with Crippen molar-refractivity contribution < 1.29 is 28.9 Å². The van der Waals surface area contributed by atoms with Crippen LogP contribution in [0.1, 0.15) is 89.2 Å². The van der Waals surface area contributed by atoms with Gasteiger partial charge in [0.1, 0.15) is 34.2 Å². The molecule has 1 N–H and O–H groups in total. The molecule has 0 radical (unpaired) electrons. The molecule has 3 aliphatic rings. The van der Waals surface area contributed by atoms with Gasteiger partial charge in [0.15, 0.2) is 0 Å². The van der Waals surface area contributed by atoms with Crippen molar-refractivity contribution in [1.82, 2.24) is 0 Å². The summed E-state index contributed by atoms with van der Waals surface area (Å²) < 4.78 is 19.0. The van der Waals surface area contributed by atoms with E-state index in [9.17, 15) is 14.7 Å². The van der Waals surface area contributed by atoms with E-state index in [0.29, 0.717) is 42.6 Å². The zero-order chi connectivity index (χ0) is 28.0. The smallest absolute Gasteiger partial charge is 0.243 e. The van der Waals surface area contributed by atoms with Crippen LogP contribution in [0, 0.1) is 11.8 Å². The van der Waals surface area contributed by atoms with Crippen LogP contribution in [-0.2, 0) is 16.0 Å². The third kappa shape index (κ3) is 4.86. The normalized spacial score (nSPS) is 24.6. The Morgan fingerprint density at radius 1 is 1.13 bits per heavy atom. The van der Waals surface area contributed by atoms with Gasteiger partial charge in [-0.25, -0.2) is 0 Å². The lowest BCUT2D eigenvalue weighted by molar-refractivity contribution is -0.177. The first kappa shape index (κ1) is 27.9. The molecule has 1 aliphatic carbocycles. The van der Waals surface area contributed by atoms with Crippen LogP contribution in [0.15, 0.2) is 41.0 Å². The number of phenolic OH excluding ortho intramolecular Hbond substituents is 1. The van der Waals surface area contributed by atoms with Gasteiger partial charge in [0, 0.05) is 30.9 Å². The Bertz CT molecular complexity index is 1280. The van der Waals surface area contributed by atoms with Gasteiger partial charge < -0.3 is 19.3 Å². The van der Waals surface area contributed by atoms with E-state index in [1.54, 1.807) is 12.2 Å². The zero-order valence-electron chi connectivity index (χ0n) is 23.9. The van der Waals surface area contributed by atoms with E-state index in [1.165, 1.54) is 12.7 Å². The third-order valence-corrected chi connectivity index (χ3v) is 7.63. The first-order chi connectivity index (χ1) is 17.8. The Morgan fingerprint density at radius 3 is 2.45 bits per heavy atom. The van der Waals surface area contributed by atoms with Crippen LogP contribution in [0.4, 0.5) is 0 Å². The molecule has 0 amide bonds. The van der Waals surface area contributed by atoms with Crippen LogP contribution in [0.25, 0.3) is 6.08 Å². The molecule has 0 saturated carbocycles. The number of ketones is 2. The van der Waals surface area contributed by atoms with Crippen molar-refractivity contribution in [2.45, 2.75) is 85.5 Å². The molecule has 6 heteroatoms. The lowest BCUT2D eigenvalue weighted by atomic mass is 9.72. The summed E-state index contributed by atoms with van der Waals surface area (Å²) in [4.78, 5) is 27.3. The maximum Gasteiger partial charge on any atom is 0.243 e. The van der Waals surface area contributed by atoms with E-state index in [-0.39, 0.29) is 40.1 Å². The topological polar surface area (TPSA) is 82.1 Å². The standard InChI is InChI=1S/C32H40O6/c1-18(2)10-9-11-25(33)21-16-20(5)32(36-8)24(17-21)28(35)26-27(34)22-14-15-31(6,7)37-29(22)23(30(26)38-32)13-12-19(3)4/h10,12,14-15,17,20-21,34H,9,11,13,16H2,1-8H3. The summed E-state index contributed by atoms with van der Waals surface area (Å²) >= 11 is 0. The van der Waals surface area contributed by atoms with E-state index < -0.39 is 17.3 Å². The minimum absolute atomic E-state index is 0.0858. The summed E-state index contributed by atoms with van der Waals surface area (Å²) in [6.45, 7) is 13.9. The summed E-state index contributed by atoms with van der Waals surface area (Å²) in [6.07, 6.45) is 11.5. The Balaban J connectivity index is 1.88. The second-order valence-electron chi connectivity index (χ2n) is 11.7. The molecule has 0 fully saturated rings. The van der Waals surface area contributed by atoms with Gasteiger partial charge in [-0.15, -0.1) is 0 Å². The van der Waals surface area contributed by atoms with Crippen molar-refractivity contribution in [3.8, 4) is 17.2 Å². The number of rotatable bonds is 7. The van der Waals surface area contributed by atoms with Crippen LogP contribution in [0.5, 0.6) is 17.2 Å². The molecular weight excluding hydrogens is 480 g/mol. The molecule has 1 aromatic carbocycles. The molecule has 0 saturated heterocycles. The van der Waals surface area contributed by atoms with Crippen molar-refractivity contribution >= 4 is 17.6 Å². The lowest BCUT2D eigenvalue weighted by Crippen LogP contribution is -2.54. The van der Waals surface area contributed by atoms with Gasteiger partial charge in [0.25, 0.3) is 0 Å². The van der Waals surface area contributed by atoms with Gasteiger partial charge in [-0.1, -0.05) is 36.3 Å². The number of carbonyl (C=O) groups is 2. The molecule has 6 nitrogen and oxygen atoms in total. The van der Waals surface area contributed by atoms with Gasteiger partial charge in [0.05, 0.1) is 11.1 Å². The fourth-order valence-electron chi connectivity index (χ4n) is 5.56. The quantitative estimate of drug-likeness (QED) is 0.394. The number of aromatic hydroxyl groups is 1. The fourth-order valence-corrected chi connectivity index (χ4v) is 5.56. The van der Waals surface area contributed by atoms with Gasteiger partial charge in [-0.2, -0.15) is 0 Å². The number of hydrogen-bond acceptors (Lipinski definition) is 6.